The lowest BCUT2D eigenvalue weighted by molar-refractivity contribution is -0.112. The Kier molecular flexibility index (Phi) is 3.98. The van der Waals surface area contributed by atoms with Gasteiger partial charge in [-0.2, -0.15) is 0 Å². The highest BCUT2D eigenvalue weighted by atomic mass is 35.5. The van der Waals surface area contributed by atoms with Crippen molar-refractivity contribution < 1.29 is 9.53 Å². The smallest absolute Gasteiger partial charge is 0.262 e. The molecule has 0 aromatic carbocycles. The zero-order valence-electron chi connectivity index (χ0n) is 9.96. The third-order valence-corrected chi connectivity index (χ3v) is 4.51. The molecule has 0 spiro atoms. The lowest BCUT2D eigenvalue weighted by atomic mass is 10.2. The predicted molar refractivity (Wildman–Crippen MR) is 72.4 cm³/mol. The van der Waals surface area contributed by atoms with E-state index in [0.29, 0.717) is 18.8 Å². The van der Waals surface area contributed by atoms with Crippen molar-refractivity contribution in [1.29, 1.82) is 0 Å². The molecule has 1 saturated carbocycles. The summed E-state index contributed by atoms with van der Waals surface area (Å²) in [5.41, 5.74) is 0.488. The zero-order chi connectivity index (χ0) is 13.4. The monoisotopic (exact) mass is 309 g/mol. The summed E-state index contributed by atoms with van der Waals surface area (Å²) in [6.07, 6.45) is 5.73. The number of halogens is 3. The SMILES string of the molecule is CCOCC1(n2ccc(C(Cl)(Cl)C(=O)Cl)c2)CC1. The molecule has 1 aliphatic rings. The standard InChI is InChI=1S/C12H14Cl3NO2/c1-2-18-8-11(4-5-11)16-6-3-9(7-16)12(14,15)10(13)17/h3,6-7H,2,4-5,8H2,1H3. The summed E-state index contributed by atoms with van der Waals surface area (Å²) in [4.78, 5) is 11.2. The number of ether oxygens (including phenoxy) is 1. The van der Waals surface area contributed by atoms with Crippen LogP contribution in [0.4, 0.5) is 0 Å². The molecule has 0 N–H and O–H groups in total. The summed E-state index contributed by atoms with van der Waals surface area (Å²) in [7, 11) is 0. The molecule has 1 fully saturated rings. The molecule has 0 radical (unpaired) electrons. The predicted octanol–water partition coefficient (Wildman–Crippen LogP) is 3.41. The van der Waals surface area contributed by atoms with E-state index >= 15 is 0 Å². The Morgan fingerprint density at radius 3 is 2.72 bits per heavy atom. The van der Waals surface area contributed by atoms with Gasteiger partial charge in [-0.25, -0.2) is 0 Å². The highest BCUT2D eigenvalue weighted by Crippen LogP contribution is 2.45. The minimum atomic E-state index is -1.69. The van der Waals surface area contributed by atoms with Crippen LogP contribution in [0.1, 0.15) is 25.3 Å². The van der Waals surface area contributed by atoms with Gasteiger partial charge >= 0.3 is 0 Å². The normalized spacial score (nSPS) is 17.8. The molecule has 1 aliphatic carbocycles. The number of rotatable bonds is 6. The fourth-order valence-electron chi connectivity index (χ4n) is 1.90. The van der Waals surface area contributed by atoms with Gasteiger partial charge in [-0.3, -0.25) is 4.79 Å². The maximum absolute atomic E-state index is 11.2. The van der Waals surface area contributed by atoms with Crippen LogP contribution in [0, 0.1) is 0 Å². The molecule has 3 nitrogen and oxygen atoms in total. The molecule has 0 atom stereocenters. The highest BCUT2D eigenvalue weighted by Gasteiger charge is 2.45. The summed E-state index contributed by atoms with van der Waals surface area (Å²) < 4.78 is 5.80. The molecule has 0 saturated heterocycles. The first kappa shape index (κ1) is 14.2. The molecule has 18 heavy (non-hydrogen) atoms. The molecule has 1 aromatic rings. The van der Waals surface area contributed by atoms with Crippen LogP contribution in [0.5, 0.6) is 0 Å². The van der Waals surface area contributed by atoms with Gasteiger partial charge in [-0.15, -0.1) is 0 Å². The van der Waals surface area contributed by atoms with Crippen molar-refractivity contribution in [2.24, 2.45) is 0 Å². The maximum atomic E-state index is 11.2. The van der Waals surface area contributed by atoms with Crippen LogP contribution in [-0.4, -0.2) is 23.0 Å². The van der Waals surface area contributed by atoms with Crippen molar-refractivity contribution in [2.45, 2.75) is 29.6 Å². The second-order valence-electron chi connectivity index (χ2n) is 4.52. The zero-order valence-corrected chi connectivity index (χ0v) is 12.2. The molecule has 6 heteroatoms. The van der Waals surface area contributed by atoms with Crippen molar-refractivity contribution >= 4 is 40.0 Å². The van der Waals surface area contributed by atoms with Gasteiger partial charge in [0.15, 0.2) is 0 Å². The van der Waals surface area contributed by atoms with Crippen LogP contribution in [0.15, 0.2) is 18.5 Å². The van der Waals surface area contributed by atoms with Gasteiger partial charge in [0.05, 0.1) is 12.1 Å². The number of carbonyl (C=O) groups excluding carboxylic acids is 1. The van der Waals surface area contributed by atoms with E-state index in [2.05, 4.69) is 0 Å². The van der Waals surface area contributed by atoms with Crippen LogP contribution >= 0.6 is 34.8 Å². The van der Waals surface area contributed by atoms with Crippen molar-refractivity contribution in [2.75, 3.05) is 13.2 Å². The van der Waals surface area contributed by atoms with Crippen LogP contribution in [0.3, 0.4) is 0 Å². The minimum Gasteiger partial charge on any atom is -0.379 e. The Morgan fingerprint density at radius 2 is 2.22 bits per heavy atom. The van der Waals surface area contributed by atoms with E-state index in [1.807, 2.05) is 17.7 Å². The van der Waals surface area contributed by atoms with E-state index in [9.17, 15) is 4.79 Å². The van der Waals surface area contributed by atoms with Gasteiger partial charge in [0.25, 0.3) is 5.24 Å². The van der Waals surface area contributed by atoms with Crippen molar-refractivity contribution in [3.05, 3.63) is 24.0 Å². The number of hydrogen-bond donors (Lipinski definition) is 0. The van der Waals surface area contributed by atoms with E-state index in [1.165, 1.54) is 0 Å². The Hall–Kier alpha value is -0.220. The number of nitrogens with zero attached hydrogens (tertiary/aromatic N) is 1. The summed E-state index contributed by atoms with van der Waals surface area (Å²) in [6.45, 7) is 3.31. The molecule has 0 bridgehead atoms. The summed E-state index contributed by atoms with van der Waals surface area (Å²) in [6, 6.07) is 1.71. The summed E-state index contributed by atoms with van der Waals surface area (Å²) in [5, 5.41) is -0.793. The first-order valence-electron chi connectivity index (χ1n) is 5.77. The largest absolute Gasteiger partial charge is 0.379 e. The van der Waals surface area contributed by atoms with E-state index < -0.39 is 9.58 Å². The molecular formula is C12H14Cl3NO2. The Morgan fingerprint density at radius 1 is 1.56 bits per heavy atom. The van der Waals surface area contributed by atoms with Crippen LogP contribution < -0.4 is 0 Å². The van der Waals surface area contributed by atoms with Gasteiger partial charge in [0.2, 0.25) is 4.33 Å². The van der Waals surface area contributed by atoms with Gasteiger partial charge in [-0.1, -0.05) is 23.2 Å². The molecule has 0 amide bonds. The molecule has 1 heterocycles. The van der Waals surface area contributed by atoms with E-state index in [4.69, 9.17) is 39.5 Å². The Balaban J connectivity index is 2.19. The molecular weight excluding hydrogens is 296 g/mol. The lowest BCUT2D eigenvalue weighted by Gasteiger charge is -2.18. The minimum absolute atomic E-state index is 0.00647. The van der Waals surface area contributed by atoms with Crippen LogP contribution in [0.25, 0.3) is 0 Å². The number of hydrogen-bond acceptors (Lipinski definition) is 2. The number of aromatic nitrogens is 1. The number of alkyl halides is 2. The number of carbonyl (C=O) groups is 1. The van der Waals surface area contributed by atoms with Crippen molar-refractivity contribution in [1.82, 2.24) is 4.57 Å². The molecule has 0 aliphatic heterocycles. The van der Waals surface area contributed by atoms with Crippen molar-refractivity contribution in [3.8, 4) is 0 Å². The molecule has 0 unspecified atom stereocenters. The fourth-order valence-corrected chi connectivity index (χ4v) is 2.24. The Bertz CT molecular complexity index is 452. The first-order chi connectivity index (χ1) is 8.42. The topological polar surface area (TPSA) is 31.2 Å². The van der Waals surface area contributed by atoms with Gasteiger partial charge in [0, 0.05) is 24.6 Å². The second-order valence-corrected chi connectivity index (χ2v) is 6.19. The van der Waals surface area contributed by atoms with E-state index in [-0.39, 0.29) is 5.54 Å². The van der Waals surface area contributed by atoms with Gasteiger partial charge in [0.1, 0.15) is 0 Å². The highest BCUT2D eigenvalue weighted by molar-refractivity contribution is 6.77. The van der Waals surface area contributed by atoms with E-state index in [1.54, 1.807) is 12.3 Å². The maximum Gasteiger partial charge on any atom is 0.262 e. The third-order valence-electron chi connectivity index (χ3n) is 3.25. The molecule has 100 valence electrons. The van der Waals surface area contributed by atoms with Crippen LogP contribution in [-0.2, 0) is 19.4 Å². The van der Waals surface area contributed by atoms with Gasteiger partial charge < -0.3 is 9.30 Å². The van der Waals surface area contributed by atoms with E-state index in [0.717, 1.165) is 12.8 Å². The fraction of sp³-hybridized carbons (Fsp3) is 0.583. The third kappa shape index (κ3) is 2.55. The average molecular weight is 311 g/mol. The first-order valence-corrected chi connectivity index (χ1v) is 6.90. The van der Waals surface area contributed by atoms with Crippen molar-refractivity contribution in [3.63, 3.8) is 0 Å². The molecule has 1 aromatic heterocycles. The molecule has 2 rings (SSSR count). The summed E-state index contributed by atoms with van der Waals surface area (Å²) >= 11 is 17.2. The quantitative estimate of drug-likeness (QED) is 0.595. The van der Waals surface area contributed by atoms with Crippen LogP contribution in [0.2, 0.25) is 0 Å². The average Bonchev–Trinajstić information content (AvgIpc) is 2.93. The lowest BCUT2D eigenvalue weighted by Crippen LogP contribution is -2.23. The second kappa shape index (κ2) is 5.04. The Labute approximate surface area is 121 Å². The summed E-state index contributed by atoms with van der Waals surface area (Å²) in [5.74, 6) is 0. The van der Waals surface area contributed by atoms with Gasteiger partial charge in [-0.05, 0) is 37.4 Å².